The number of methoxy groups -OCH3 is 3. The second kappa shape index (κ2) is 12.2. The number of carbonyl (C=O) groups excluding carboxylic acids is 2. The van der Waals surface area contributed by atoms with Crippen LogP contribution in [0, 0.1) is 0 Å². The molecule has 0 aliphatic carbocycles. The molecular formula is C20H32N2O5. The molecule has 152 valence electrons. The van der Waals surface area contributed by atoms with E-state index in [1.807, 2.05) is 0 Å². The third kappa shape index (κ3) is 7.46. The third-order valence-electron chi connectivity index (χ3n) is 4.50. The molecule has 0 spiro atoms. The second-order valence-electron chi connectivity index (χ2n) is 6.10. The van der Waals surface area contributed by atoms with Gasteiger partial charge in [-0.05, 0) is 38.2 Å². The molecule has 0 aromatic heterocycles. The summed E-state index contributed by atoms with van der Waals surface area (Å²) in [5, 5.41) is 0. The first-order valence-corrected chi connectivity index (χ1v) is 9.30. The minimum absolute atomic E-state index is 0.157. The number of ether oxygens (including phenoxy) is 3. The fraction of sp³-hybridized carbons (Fsp3) is 0.600. The SMILES string of the molecule is CCN(CC)CCCN(CCC(=O)OC)C(=O)c1cc(OC)cc(OC)c1. The number of hydrogen-bond acceptors (Lipinski definition) is 6. The summed E-state index contributed by atoms with van der Waals surface area (Å²) in [6, 6.07) is 5.08. The summed E-state index contributed by atoms with van der Waals surface area (Å²) in [4.78, 5) is 28.6. The lowest BCUT2D eigenvalue weighted by atomic mass is 10.1. The highest BCUT2D eigenvalue weighted by molar-refractivity contribution is 5.95. The molecule has 7 nitrogen and oxygen atoms in total. The first-order chi connectivity index (χ1) is 13.0. The van der Waals surface area contributed by atoms with E-state index >= 15 is 0 Å². The van der Waals surface area contributed by atoms with Gasteiger partial charge in [0.25, 0.3) is 5.91 Å². The zero-order valence-corrected chi connectivity index (χ0v) is 17.1. The highest BCUT2D eigenvalue weighted by Gasteiger charge is 2.19. The van der Waals surface area contributed by atoms with E-state index in [0.29, 0.717) is 30.2 Å². The number of rotatable bonds is 12. The van der Waals surface area contributed by atoms with Crippen molar-refractivity contribution in [3.63, 3.8) is 0 Å². The Morgan fingerprint density at radius 1 is 0.889 bits per heavy atom. The summed E-state index contributed by atoms with van der Waals surface area (Å²) in [5.74, 6) is 0.609. The van der Waals surface area contributed by atoms with Crippen LogP contribution < -0.4 is 9.47 Å². The molecule has 0 aliphatic heterocycles. The van der Waals surface area contributed by atoms with Crippen molar-refractivity contribution >= 4 is 11.9 Å². The van der Waals surface area contributed by atoms with Crippen molar-refractivity contribution in [2.75, 3.05) is 54.1 Å². The van der Waals surface area contributed by atoms with Crippen molar-refractivity contribution in [2.24, 2.45) is 0 Å². The summed E-state index contributed by atoms with van der Waals surface area (Å²) >= 11 is 0. The molecule has 1 aromatic carbocycles. The minimum atomic E-state index is -0.334. The van der Waals surface area contributed by atoms with Crippen LogP contribution in [-0.4, -0.2) is 75.7 Å². The van der Waals surface area contributed by atoms with Gasteiger partial charge in [-0.15, -0.1) is 0 Å². The van der Waals surface area contributed by atoms with E-state index in [9.17, 15) is 9.59 Å². The largest absolute Gasteiger partial charge is 0.497 e. The molecule has 1 rings (SSSR count). The first-order valence-electron chi connectivity index (χ1n) is 9.30. The average molecular weight is 380 g/mol. The molecule has 0 aliphatic rings. The van der Waals surface area contributed by atoms with Crippen LogP contribution in [-0.2, 0) is 9.53 Å². The molecule has 0 radical (unpaired) electrons. The van der Waals surface area contributed by atoms with Crippen LogP contribution in [0.3, 0.4) is 0 Å². The van der Waals surface area contributed by atoms with Gasteiger partial charge in [-0.1, -0.05) is 13.8 Å². The van der Waals surface area contributed by atoms with Gasteiger partial charge in [0, 0.05) is 24.7 Å². The summed E-state index contributed by atoms with van der Waals surface area (Å²) < 4.78 is 15.2. The van der Waals surface area contributed by atoms with E-state index in [1.54, 1.807) is 37.3 Å². The van der Waals surface area contributed by atoms with Crippen molar-refractivity contribution in [1.29, 1.82) is 0 Å². The van der Waals surface area contributed by atoms with Crippen molar-refractivity contribution in [1.82, 2.24) is 9.80 Å². The van der Waals surface area contributed by atoms with Crippen LogP contribution in [0.2, 0.25) is 0 Å². The van der Waals surface area contributed by atoms with Crippen molar-refractivity contribution < 1.29 is 23.8 Å². The molecule has 0 bridgehead atoms. The predicted molar refractivity (Wildman–Crippen MR) is 104 cm³/mol. The number of amides is 1. The van der Waals surface area contributed by atoms with E-state index in [0.717, 1.165) is 26.1 Å². The molecular weight excluding hydrogens is 348 g/mol. The molecule has 0 saturated heterocycles. The van der Waals surface area contributed by atoms with Crippen LogP contribution in [0.1, 0.15) is 37.0 Å². The zero-order valence-electron chi connectivity index (χ0n) is 17.1. The molecule has 0 N–H and O–H groups in total. The van der Waals surface area contributed by atoms with E-state index in [2.05, 4.69) is 18.7 Å². The van der Waals surface area contributed by atoms with E-state index in [1.165, 1.54) is 7.11 Å². The summed E-state index contributed by atoms with van der Waals surface area (Å²) in [7, 11) is 4.44. The molecule has 0 fully saturated rings. The highest BCUT2D eigenvalue weighted by Crippen LogP contribution is 2.23. The van der Waals surface area contributed by atoms with Gasteiger partial charge in [0.1, 0.15) is 11.5 Å². The molecule has 0 heterocycles. The van der Waals surface area contributed by atoms with Crippen molar-refractivity contribution in [3.8, 4) is 11.5 Å². The van der Waals surface area contributed by atoms with Gasteiger partial charge < -0.3 is 24.0 Å². The lowest BCUT2D eigenvalue weighted by Gasteiger charge is -2.25. The lowest BCUT2D eigenvalue weighted by Crippen LogP contribution is -2.36. The minimum Gasteiger partial charge on any atom is -0.497 e. The Balaban J connectivity index is 2.92. The maximum absolute atomic E-state index is 13.0. The number of esters is 1. The van der Waals surface area contributed by atoms with Crippen LogP contribution in [0.15, 0.2) is 18.2 Å². The number of hydrogen-bond donors (Lipinski definition) is 0. The fourth-order valence-electron chi connectivity index (χ4n) is 2.78. The topological polar surface area (TPSA) is 68.3 Å². The molecule has 1 aromatic rings. The van der Waals surface area contributed by atoms with Gasteiger partial charge in [-0.3, -0.25) is 9.59 Å². The van der Waals surface area contributed by atoms with Gasteiger partial charge >= 0.3 is 5.97 Å². The molecule has 0 atom stereocenters. The maximum Gasteiger partial charge on any atom is 0.307 e. The van der Waals surface area contributed by atoms with Crippen LogP contribution >= 0.6 is 0 Å². The lowest BCUT2D eigenvalue weighted by molar-refractivity contribution is -0.140. The standard InChI is InChI=1S/C20H32N2O5/c1-6-21(7-2)10-8-11-22(12-9-19(23)27-5)20(24)16-13-17(25-3)15-18(14-16)26-4/h13-15H,6-12H2,1-5H3. The van der Waals surface area contributed by atoms with E-state index < -0.39 is 0 Å². The Morgan fingerprint density at radius 3 is 1.96 bits per heavy atom. The quantitative estimate of drug-likeness (QED) is 0.519. The number of benzene rings is 1. The Morgan fingerprint density at radius 2 is 1.48 bits per heavy atom. The monoisotopic (exact) mass is 380 g/mol. The van der Waals surface area contributed by atoms with Crippen LogP contribution in [0.5, 0.6) is 11.5 Å². The fourth-order valence-corrected chi connectivity index (χ4v) is 2.78. The highest BCUT2D eigenvalue weighted by atomic mass is 16.5. The summed E-state index contributed by atoms with van der Waals surface area (Å²) in [6.45, 7) is 7.95. The second-order valence-corrected chi connectivity index (χ2v) is 6.10. The molecule has 7 heteroatoms. The summed E-state index contributed by atoms with van der Waals surface area (Å²) in [5.41, 5.74) is 0.471. The third-order valence-corrected chi connectivity index (χ3v) is 4.50. The van der Waals surface area contributed by atoms with Crippen molar-refractivity contribution in [2.45, 2.75) is 26.7 Å². The first kappa shape index (κ1) is 22.8. The number of nitrogens with zero attached hydrogens (tertiary/aromatic N) is 2. The molecule has 0 unspecified atom stereocenters. The normalized spacial score (nSPS) is 10.6. The molecule has 1 amide bonds. The Bertz CT molecular complexity index is 580. The Labute approximate surface area is 162 Å². The summed E-state index contributed by atoms with van der Waals surface area (Å²) in [6.07, 6.45) is 0.990. The molecule has 27 heavy (non-hydrogen) atoms. The van der Waals surface area contributed by atoms with E-state index in [4.69, 9.17) is 14.2 Å². The van der Waals surface area contributed by atoms with Gasteiger partial charge in [-0.2, -0.15) is 0 Å². The van der Waals surface area contributed by atoms with E-state index in [-0.39, 0.29) is 18.3 Å². The van der Waals surface area contributed by atoms with Gasteiger partial charge in [0.15, 0.2) is 0 Å². The maximum atomic E-state index is 13.0. The predicted octanol–water partition coefficient (Wildman–Crippen LogP) is 2.44. The van der Waals surface area contributed by atoms with Crippen LogP contribution in [0.25, 0.3) is 0 Å². The zero-order chi connectivity index (χ0) is 20.2. The Kier molecular flexibility index (Phi) is 10.3. The Hall–Kier alpha value is -2.28. The van der Waals surface area contributed by atoms with Crippen molar-refractivity contribution in [3.05, 3.63) is 23.8 Å². The van der Waals surface area contributed by atoms with Gasteiger partial charge in [0.2, 0.25) is 0 Å². The van der Waals surface area contributed by atoms with Gasteiger partial charge in [0.05, 0.1) is 27.8 Å². The average Bonchev–Trinajstić information content (AvgIpc) is 2.71. The van der Waals surface area contributed by atoms with Gasteiger partial charge in [-0.25, -0.2) is 0 Å². The number of carbonyl (C=O) groups is 2. The molecule has 0 saturated carbocycles. The van der Waals surface area contributed by atoms with Crippen LogP contribution in [0.4, 0.5) is 0 Å². The smallest absolute Gasteiger partial charge is 0.307 e.